The second kappa shape index (κ2) is 9.09. The van der Waals surface area contributed by atoms with Gasteiger partial charge in [0.15, 0.2) is 0 Å². The maximum absolute atomic E-state index is 13.1. The van der Waals surface area contributed by atoms with Crippen LogP contribution >= 0.6 is 11.3 Å². The van der Waals surface area contributed by atoms with Crippen molar-refractivity contribution < 1.29 is 19.1 Å². The Kier molecular flexibility index (Phi) is 6.54. The van der Waals surface area contributed by atoms with Crippen LogP contribution in [0.5, 0.6) is 0 Å². The molecule has 0 aliphatic carbocycles. The van der Waals surface area contributed by atoms with Crippen LogP contribution in [0.25, 0.3) is 0 Å². The van der Waals surface area contributed by atoms with Crippen LogP contribution in [0.1, 0.15) is 42.7 Å². The van der Waals surface area contributed by atoms with E-state index < -0.39 is 17.9 Å². The number of aryl methyl sites for hydroxylation is 1. The zero-order valence-corrected chi connectivity index (χ0v) is 17.9. The second-order valence-electron chi connectivity index (χ2n) is 6.89. The third kappa shape index (κ3) is 4.43. The van der Waals surface area contributed by atoms with Gasteiger partial charge in [0.05, 0.1) is 23.7 Å². The van der Waals surface area contributed by atoms with Gasteiger partial charge in [0.25, 0.3) is 0 Å². The molecule has 0 radical (unpaired) electrons. The first kappa shape index (κ1) is 20.9. The summed E-state index contributed by atoms with van der Waals surface area (Å²) in [6, 6.07) is 11.5. The fourth-order valence-corrected chi connectivity index (χ4v) is 4.53. The molecule has 1 atom stereocenters. The molecule has 0 bridgehead atoms. The van der Waals surface area contributed by atoms with Crippen LogP contribution in [-0.4, -0.2) is 18.5 Å². The lowest BCUT2D eigenvalue weighted by molar-refractivity contribution is -0.140. The minimum absolute atomic E-state index is 0.171. The molecular weight excluding hydrogens is 386 g/mol. The molecule has 6 heteroatoms. The Labute approximate surface area is 175 Å². The number of allylic oxidation sites excluding steroid dienone is 2. The maximum Gasteiger partial charge on any atom is 0.337 e. The van der Waals surface area contributed by atoms with Crippen LogP contribution in [0.3, 0.4) is 0 Å². The third-order valence-electron chi connectivity index (χ3n) is 4.85. The monoisotopic (exact) mass is 411 g/mol. The number of rotatable bonds is 6. The largest absolute Gasteiger partial charge is 0.463 e. The summed E-state index contributed by atoms with van der Waals surface area (Å²) in [4.78, 5) is 26.9. The van der Waals surface area contributed by atoms with Crippen molar-refractivity contribution in [1.82, 2.24) is 5.32 Å². The molecule has 0 saturated carbocycles. The fraction of sp³-hybridized carbons (Fsp3) is 0.304. The van der Waals surface area contributed by atoms with Crippen molar-refractivity contribution in [2.75, 3.05) is 6.61 Å². The van der Waals surface area contributed by atoms with E-state index in [4.69, 9.17) is 9.47 Å². The molecule has 5 nitrogen and oxygen atoms in total. The molecule has 2 heterocycles. The standard InChI is InChI=1S/C23H25NO4S/c1-5-27-22(25)18-15(3)24-16(4)19(20(18)21-14(2)11-12-29-21)23(26)28-13-17-9-7-6-8-10-17/h6-12,20,24H,5,13H2,1-4H3. The van der Waals surface area contributed by atoms with Gasteiger partial charge >= 0.3 is 11.9 Å². The Hall–Kier alpha value is -2.86. The van der Waals surface area contributed by atoms with Gasteiger partial charge in [-0.05, 0) is 50.3 Å². The summed E-state index contributed by atoms with van der Waals surface area (Å²) in [5, 5.41) is 5.14. The van der Waals surface area contributed by atoms with E-state index in [1.807, 2.05) is 62.5 Å². The van der Waals surface area contributed by atoms with Crippen molar-refractivity contribution in [2.24, 2.45) is 0 Å². The Balaban J connectivity index is 1.98. The van der Waals surface area contributed by atoms with Gasteiger partial charge in [-0.15, -0.1) is 11.3 Å². The van der Waals surface area contributed by atoms with Gasteiger partial charge in [-0.2, -0.15) is 0 Å². The quantitative estimate of drug-likeness (QED) is 0.704. The van der Waals surface area contributed by atoms with E-state index in [1.54, 1.807) is 6.92 Å². The van der Waals surface area contributed by atoms with Crippen molar-refractivity contribution in [1.29, 1.82) is 0 Å². The first-order valence-electron chi connectivity index (χ1n) is 9.54. The molecule has 1 aromatic heterocycles. The van der Waals surface area contributed by atoms with Gasteiger partial charge in [-0.25, -0.2) is 9.59 Å². The van der Waals surface area contributed by atoms with E-state index in [-0.39, 0.29) is 13.2 Å². The number of dihydropyridines is 1. The predicted octanol–water partition coefficient (Wildman–Crippen LogP) is 4.60. The molecule has 2 aromatic rings. The van der Waals surface area contributed by atoms with Crippen LogP contribution in [0.15, 0.2) is 64.3 Å². The zero-order chi connectivity index (χ0) is 21.0. The number of benzene rings is 1. The number of nitrogens with one attached hydrogen (secondary N) is 1. The lowest BCUT2D eigenvalue weighted by Gasteiger charge is -2.30. The minimum atomic E-state index is -0.515. The SMILES string of the molecule is CCOC(=O)C1=C(C)NC(C)=C(C(=O)OCc2ccccc2)C1c1sccc1C. The van der Waals surface area contributed by atoms with Gasteiger partial charge in [0.2, 0.25) is 0 Å². The molecule has 152 valence electrons. The van der Waals surface area contributed by atoms with Gasteiger partial charge in [-0.3, -0.25) is 0 Å². The van der Waals surface area contributed by atoms with E-state index in [9.17, 15) is 9.59 Å². The second-order valence-corrected chi connectivity index (χ2v) is 7.83. The lowest BCUT2D eigenvalue weighted by atomic mass is 9.83. The summed E-state index contributed by atoms with van der Waals surface area (Å²) in [6.45, 7) is 7.85. The molecular formula is C23H25NO4S. The normalized spacial score (nSPS) is 16.5. The predicted molar refractivity (Wildman–Crippen MR) is 113 cm³/mol. The van der Waals surface area contributed by atoms with Crippen molar-refractivity contribution in [3.63, 3.8) is 0 Å². The van der Waals surface area contributed by atoms with Crippen LogP contribution < -0.4 is 5.32 Å². The Morgan fingerprint density at radius 2 is 1.59 bits per heavy atom. The van der Waals surface area contributed by atoms with Gasteiger partial charge < -0.3 is 14.8 Å². The van der Waals surface area contributed by atoms with E-state index in [0.717, 1.165) is 16.0 Å². The number of hydrogen-bond donors (Lipinski definition) is 1. The van der Waals surface area contributed by atoms with E-state index in [2.05, 4.69) is 5.32 Å². The molecule has 29 heavy (non-hydrogen) atoms. The van der Waals surface area contributed by atoms with Crippen LogP contribution in [0.4, 0.5) is 0 Å². The minimum Gasteiger partial charge on any atom is -0.463 e. The van der Waals surface area contributed by atoms with Crippen molar-refractivity contribution >= 4 is 23.3 Å². The van der Waals surface area contributed by atoms with E-state index >= 15 is 0 Å². The van der Waals surface area contributed by atoms with Crippen LogP contribution in [0.2, 0.25) is 0 Å². The molecule has 1 aliphatic heterocycles. The Bertz CT molecular complexity index is 972. The number of carbonyl (C=O) groups excluding carboxylic acids is 2. The zero-order valence-electron chi connectivity index (χ0n) is 17.1. The third-order valence-corrected chi connectivity index (χ3v) is 5.94. The fourth-order valence-electron chi connectivity index (χ4n) is 3.49. The number of ether oxygens (including phenoxy) is 2. The summed E-state index contributed by atoms with van der Waals surface area (Å²) in [5.41, 5.74) is 4.21. The number of carbonyl (C=O) groups is 2. The summed E-state index contributed by atoms with van der Waals surface area (Å²) in [5.74, 6) is -1.37. The van der Waals surface area contributed by atoms with Crippen molar-refractivity contribution in [2.45, 2.75) is 40.2 Å². The first-order valence-corrected chi connectivity index (χ1v) is 10.4. The molecule has 3 rings (SSSR count). The highest BCUT2D eigenvalue weighted by Gasteiger charge is 2.39. The lowest BCUT2D eigenvalue weighted by Crippen LogP contribution is -2.32. The van der Waals surface area contributed by atoms with Crippen molar-refractivity contribution in [3.8, 4) is 0 Å². The number of hydrogen-bond acceptors (Lipinski definition) is 6. The molecule has 1 N–H and O–H groups in total. The number of esters is 2. The molecule has 0 amide bonds. The average molecular weight is 412 g/mol. The molecule has 0 fully saturated rings. The van der Waals surface area contributed by atoms with Crippen LogP contribution in [0, 0.1) is 6.92 Å². The molecule has 1 aliphatic rings. The van der Waals surface area contributed by atoms with E-state index in [0.29, 0.717) is 22.5 Å². The Morgan fingerprint density at radius 3 is 2.14 bits per heavy atom. The van der Waals surface area contributed by atoms with Gasteiger partial charge in [-0.1, -0.05) is 30.3 Å². The molecule has 1 aromatic carbocycles. The molecule has 1 unspecified atom stereocenters. The summed E-state index contributed by atoms with van der Waals surface area (Å²) in [7, 11) is 0. The topological polar surface area (TPSA) is 64.6 Å². The highest BCUT2D eigenvalue weighted by molar-refractivity contribution is 7.10. The smallest absolute Gasteiger partial charge is 0.337 e. The summed E-state index contributed by atoms with van der Waals surface area (Å²) >= 11 is 1.52. The molecule has 0 saturated heterocycles. The van der Waals surface area contributed by atoms with Gasteiger partial charge in [0.1, 0.15) is 6.61 Å². The van der Waals surface area contributed by atoms with Gasteiger partial charge in [0, 0.05) is 16.3 Å². The van der Waals surface area contributed by atoms with Crippen molar-refractivity contribution in [3.05, 3.63) is 80.3 Å². The van der Waals surface area contributed by atoms with Crippen LogP contribution in [-0.2, 0) is 25.7 Å². The Morgan fingerprint density at radius 1 is 0.966 bits per heavy atom. The maximum atomic E-state index is 13.1. The molecule has 0 spiro atoms. The van der Waals surface area contributed by atoms with E-state index in [1.165, 1.54) is 11.3 Å². The highest BCUT2D eigenvalue weighted by Crippen LogP contribution is 2.42. The summed E-state index contributed by atoms with van der Waals surface area (Å²) < 4.78 is 10.9. The average Bonchev–Trinajstić information content (AvgIpc) is 3.12. The highest BCUT2D eigenvalue weighted by atomic mass is 32.1. The first-order chi connectivity index (χ1) is 13.9. The summed E-state index contributed by atoms with van der Waals surface area (Å²) in [6.07, 6.45) is 0. The number of thiophene rings is 1.